The van der Waals surface area contributed by atoms with Crippen LogP contribution in [0.4, 0.5) is 5.69 Å². The Bertz CT molecular complexity index is 851. The first-order valence-corrected chi connectivity index (χ1v) is 9.54. The smallest absolute Gasteiger partial charge is 0.338 e. The van der Waals surface area contributed by atoms with E-state index < -0.39 is 16.0 Å². The summed E-state index contributed by atoms with van der Waals surface area (Å²) >= 11 is 3.37. The van der Waals surface area contributed by atoms with Gasteiger partial charge in [-0.05, 0) is 51.8 Å². The lowest BCUT2D eigenvalue weighted by molar-refractivity contribution is 0.0472. The standard InChI is InChI=1S/C16H16BrNO5S/c1-22-15-7-6-11(8-14(15)17)10-23-16(19)12-4-3-5-13(9-12)18-24(2,20)21/h3-9,18H,10H2,1-2H3. The number of rotatable bonds is 6. The lowest BCUT2D eigenvalue weighted by atomic mass is 10.2. The summed E-state index contributed by atoms with van der Waals surface area (Å²) < 4.78 is 35.9. The Morgan fingerprint density at radius 2 is 1.96 bits per heavy atom. The van der Waals surface area contributed by atoms with Gasteiger partial charge in [0.05, 0.1) is 23.4 Å². The quantitative estimate of drug-likeness (QED) is 0.735. The highest BCUT2D eigenvalue weighted by Crippen LogP contribution is 2.26. The number of carbonyl (C=O) groups excluding carboxylic acids is 1. The van der Waals surface area contributed by atoms with Gasteiger partial charge >= 0.3 is 5.97 Å². The van der Waals surface area contributed by atoms with Crippen LogP contribution in [0.2, 0.25) is 0 Å². The number of hydrogen-bond donors (Lipinski definition) is 1. The van der Waals surface area contributed by atoms with Gasteiger partial charge in [0, 0.05) is 5.69 Å². The molecule has 8 heteroatoms. The largest absolute Gasteiger partial charge is 0.496 e. The fraction of sp³-hybridized carbons (Fsp3) is 0.188. The molecule has 0 unspecified atom stereocenters. The molecule has 0 fully saturated rings. The second kappa shape index (κ2) is 7.67. The molecule has 0 aliphatic heterocycles. The van der Waals surface area contributed by atoms with Crippen molar-refractivity contribution in [3.8, 4) is 5.75 Å². The normalized spacial score (nSPS) is 11.0. The van der Waals surface area contributed by atoms with Crippen molar-refractivity contribution in [3.63, 3.8) is 0 Å². The van der Waals surface area contributed by atoms with Crippen molar-refractivity contribution in [1.29, 1.82) is 0 Å². The molecule has 1 N–H and O–H groups in total. The molecule has 0 radical (unpaired) electrons. The maximum Gasteiger partial charge on any atom is 0.338 e. The molecule has 0 aliphatic carbocycles. The Morgan fingerprint density at radius 3 is 2.58 bits per heavy atom. The van der Waals surface area contributed by atoms with Crippen molar-refractivity contribution in [1.82, 2.24) is 0 Å². The third-order valence-corrected chi connectivity index (χ3v) is 4.21. The number of hydrogen-bond acceptors (Lipinski definition) is 5. The van der Waals surface area contributed by atoms with Crippen LogP contribution in [-0.4, -0.2) is 27.8 Å². The first-order valence-electron chi connectivity index (χ1n) is 6.86. The van der Waals surface area contributed by atoms with Crippen LogP contribution < -0.4 is 9.46 Å². The molecule has 0 aromatic heterocycles. The van der Waals surface area contributed by atoms with Gasteiger partial charge < -0.3 is 9.47 Å². The zero-order valence-electron chi connectivity index (χ0n) is 13.1. The number of nitrogens with one attached hydrogen (secondary N) is 1. The first-order chi connectivity index (χ1) is 11.3. The lowest BCUT2D eigenvalue weighted by Crippen LogP contribution is -2.11. The molecule has 128 valence electrons. The van der Waals surface area contributed by atoms with Crippen molar-refractivity contribution in [2.24, 2.45) is 0 Å². The number of methoxy groups -OCH3 is 1. The molecular formula is C16H16BrNO5S. The van der Waals surface area contributed by atoms with E-state index in [9.17, 15) is 13.2 Å². The van der Waals surface area contributed by atoms with E-state index in [0.29, 0.717) is 11.4 Å². The Morgan fingerprint density at radius 1 is 1.21 bits per heavy atom. The molecule has 0 aliphatic rings. The van der Waals surface area contributed by atoms with Crippen LogP contribution in [0.3, 0.4) is 0 Å². The zero-order valence-corrected chi connectivity index (χ0v) is 15.5. The van der Waals surface area contributed by atoms with Gasteiger partial charge in [0.2, 0.25) is 10.0 Å². The highest BCUT2D eigenvalue weighted by Gasteiger charge is 2.10. The van der Waals surface area contributed by atoms with Gasteiger partial charge in [-0.2, -0.15) is 0 Å². The van der Waals surface area contributed by atoms with Gasteiger partial charge in [-0.1, -0.05) is 12.1 Å². The minimum atomic E-state index is -3.41. The van der Waals surface area contributed by atoms with Crippen LogP contribution in [0.1, 0.15) is 15.9 Å². The molecule has 2 rings (SSSR count). The highest BCUT2D eigenvalue weighted by atomic mass is 79.9. The molecule has 0 amide bonds. The second-order valence-electron chi connectivity index (χ2n) is 5.00. The molecule has 0 heterocycles. The molecule has 0 saturated heterocycles. The van der Waals surface area contributed by atoms with Gasteiger partial charge in [-0.15, -0.1) is 0 Å². The molecule has 6 nitrogen and oxygen atoms in total. The van der Waals surface area contributed by atoms with Gasteiger partial charge in [-0.25, -0.2) is 13.2 Å². The maximum absolute atomic E-state index is 12.1. The Labute approximate surface area is 149 Å². The molecular weight excluding hydrogens is 398 g/mol. The van der Waals surface area contributed by atoms with E-state index in [0.717, 1.165) is 16.3 Å². The minimum absolute atomic E-state index is 0.0885. The number of halogens is 1. The molecule has 24 heavy (non-hydrogen) atoms. The summed E-state index contributed by atoms with van der Waals surface area (Å²) in [6.07, 6.45) is 1.04. The van der Waals surface area contributed by atoms with Gasteiger partial charge in [0.1, 0.15) is 12.4 Å². The lowest BCUT2D eigenvalue weighted by Gasteiger charge is -2.09. The van der Waals surface area contributed by atoms with Crippen molar-refractivity contribution in [2.75, 3.05) is 18.1 Å². The Kier molecular flexibility index (Phi) is 5.84. The molecule has 0 saturated carbocycles. The maximum atomic E-state index is 12.1. The van der Waals surface area contributed by atoms with Crippen molar-refractivity contribution < 1.29 is 22.7 Å². The second-order valence-corrected chi connectivity index (χ2v) is 7.60. The molecule has 2 aromatic carbocycles. The Balaban J connectivity index is 2.05. The van der Waals surface area contributed by atoms with E-state index in [1.54, 1.807) is 43.5 Å². The number of esters is 1. The van der Waals surface area contributed by atoms with E-state index in [1.165, 1.54) is 6.07 Å². The Hall–Kier alpha value is -2.06. The first kappa shape index (κ1) is 18.3. The van der Waals surface area contributed by atoms with E-state index in [1.807, 2.05) is 0 Å². The molecule has 0 atom stereocenters. The van der Waals surface area contributed by atoms with Crippen LogP contribution >= 0.6 is 15.9 Å². The van der Waals surface area contributed by atoms with E-state index in [2.05, 4.69) is 20.7 Å². The number of carbonyl (C=O) groups is 1. The summed E-state index contributed by atoms with van der Waals surface area (Å²) in [6, 6.07) is 11.5. The summed E-state index contributed by atoms with van der Waals surface area (Å²) in [5, 5.41) is 0. The van der Waals surface area contributed by atoms with Crippen LogP contribution in [0.25, 0.3) is 0 Å². The van der Waals surface area contributed by atoms with Crippen LogP contribution in [0, 0.1) is 0 Å². The van der Waals surface area contributed by atoms with Gasteiger partial charge in [0.15, 0.2) is 0 Å². The van der Waals surface area contributed by atoms with Crippen molar-refractivity contribution in [2.45, 2.75) is 6.61 Å². The predicted octanol–water partition coefficient (Wildman–Crippen LogP) is 3.19. The van der Waals surface area contributed by atoms with E-state index >= 15 is 0 Å². The number of sulfonamides is 1. The van der Waals surface area contributed by atoms with E-state index in [4.69, 9.17) is 9.47 Å². The molecule has 0 bridgehead atoms. The number of anilines is 1. The van der Waals surface area contributed by atoms with Gasteiger partial charge in [-0.3, -0.25) is 4.72 Å². The fourth-order valence-electron chi connectivity index (χ4n) is 1.96. The molecule has 0 spiro atoms. The topological polar surface area (TPSA) is 81.7 Å². The summed E-state index contributed by atoms with van der Waals surface area (Å²) in [4.78, 5) is 12.1. The monoisotopic (exact) mass is 413 g/mol. The minimum Gasteiger partial charge on any atom is -0.496 e. The van der Waals surface area contributed by atoms with Crippen LogP contribution in [-0.2, 0) is 21.4 Å². The highest BCUT2D eigenvalue weighted by molar-refractivity contribution is 9.10. The SMILES string of the molecule is COc1ccc(COC(=O)c2cccc(NS(C)(=O)=O)c2)cc1Br. The summed E-state index contributed by atoms with van der Waals surface area (Å²) in [6.45, 7) is 0.0885. The summed E-state index contributed by atoms with van der Waals surface area (Å²) in [5.74, 6) is 0.142. The van der Waals surface area contributed by atoms with E-state index in [-0.39, 0.29) is 12.2 Å². The fourth-order valence-corrected chi connectivity index (χ4v) is 3.10. The third-order valence-electron chi connectivity index (χ3n) is 2.99. The average Bonchev–Trinajstić information content (AvgIpc) is 2.51. The number of benzene rings is 2. The molecule has 2 aromatic rings. The van der Waals surface area contributed by atoms with Crippen molar-refractivity contribution >= 4 is 37.6 Å². The zero-order chi connectivity index (χ0) is 17.7. The summed E-state index contributed by atoms with van der Waals surface area (Å²) in [5.41, 5.74) is 1.36. The van der Waals surface area contributed by atoms with Crippen molar-refractivity contribution in [3.05, 3.63) is 58.1 Å². The van der Waals surface area contributed by atoms with Gasteiger partial charge in [0.25, 0.3) is 0 Å². The number of ether oxygens (including phenoxy) is 2. The van der Waals surface area contributed by atoms with Crippen LogP contribution in [0.15, 0.2) is 46.9 Å². The summed E-state index contributed by atoms with van der Waals surface area (Å²) in [7, 11) is -1.84. The predicted molar refractivity (Wildman–Crippen MR) is 94.7 cm³/mol. The third kappa shape index (κ3) is 5.24. The average molecular weight is 414 g/mol. The van der Waals surface area contributed by atoms with Crippen LogP contribution in [0.5, 0.6) is 5.75 Å².